The highest BCUT2D eigenvalue weighted by Crippen LogP contribution is 2.23. The molecule has 0 aliphatic heterocycles. The summed E-state index contributed by atoms with van der Waals surface area (Å²) < 4.78 is 4.04. The van der Waals surface area contributed by atoms with Crippen LogP contribution in [-0.4, -0.2) is 25.4 Å². The SMILES string of the molecule is Cc1cc(C=CC(=O)O)c(C)n1-c1ccnn1C(C)C. The fraction of sp³-hybridized carbons (Fsp3) is 0.333. The average Bonchev–Trinajstić information content (AvgIpc) is 2.92. The largest absolute Gasteiger partial charge is 0.478 e. The second-order valence-electron chi connectivity index (χ2n) is 5.06. The molecule has 0 fully saturated rings. The molecule has 0 bridgehead atoms. The van der Waals surface area contributed by atoms with Crippen molar-refractivity contribution in [3.8, 4) is 5.82 Å². The molecule has 0 radical (unpaired) electrons. The molecule has 0 unspecified atom stereocenters. The van der Waals surface area contributed by atoms with Crippen molar-refractivity contribution >= 4 is 12.0 Å². The molecule has 0 amide bonds. The first kappa shape index (κ1) is 14.1. The van der Waals surface area contributed by atoms with E-state index in [0.29, 0.717) is 0 Å². The minimum atomic E-state index is -0.943. The molecule has 2 heterocycles. The van der Waals surface area contributed by atoms with Crippen molar-refractivity contribution < 1.29 is 9.90 Å². The van der Waals surface area contributed by atoms with Crippen molar-refractivity contribution in [3.63, 3.8) is 0 Å². The number of hydrogen-bond acceptors (Lipinski definition) is 2. The van der Waals surface area contributed by atoms with E-state index in [2.05, 4.69) is 23.5 Å². The summed E-state index contributed by atoms with van der Waals surface area (Å²) in [6.45, 7) is 8.14. The lowest BCUT2D eigenvalue weighted by molar-refractivity contribution is -0.131. The summed E-state index contributed by atoms with van der Waals surface area (Å²) in [7, 11) is 0. The van der Waals surface area contributed by atoms with Gasteiger partial charge in [0.15, 0.2) is 0 Å². The van der Waals surface area contributed by atoms with E-state index in [1.165, 1.54) is 0 Å². The fourth-order valence-corrected chi connectivity index (χ4v) is 2.35. The number of rotatable bonds is 4. The Labute approximate surface area is 118 Å². The Kier molecular flexibility index (Phi) is 3.79. The molecule has 0 aliphatic carbocycles. The van der Waals surface area contributed by atoms with Crippen LogP contribution < -0.4 is 0 Å². The van der Waals surface area contributed by atoms with Crippen LogP contribution >= 0.6 is 0 Å². The maximum atomic E-state index is 10.6. The number of carbonyl (C=O) groups is 1. The lowest BCUT2D eigenvalue weighted by atomic mass is 10.2. The van der Waals surface area contributed by atoms with Crippen molar-refractivity contribution in [2.45, 2.75) is 33.7 Å². The first-order chi connectivity index (χ1) is 9.41. The minimum Gasteiger partial charge on any atom is -0.478 e. The summed E-state index contributed by atoms with van der Waals surface area (Å²) in [4.78, 5) is 10.6. The molecule has 5 nitrogen and oxygen atoms in total. The van der Waals surface area contributed by atoms with E-state index >= 15 is 0 Å². The lowest BCUT2D eigenvalue weighted by Gasteiger charge is -2.15. The summed E-state index contributed by atoms with van der Waals surface area (Å²) in [5.41, 5.74) is 2.96. The number of hydrogen-bond donors (Lipinski definition) is 1. The third-order valence-corrected chi connectivity index (χ3v) is 3.24. The number of carboxylic acid groups (broad SMARTS) is 1. The van der Waals surface area contributed by atoms with E-state index in [4.69, 9.17) is 5.11 Å². The van der Waals surface area contributed by atoms with Crippen LogP contribution in [0.25, 0.3) is 11.9 Å². The number of aliphatic carboxylic acids is 1. The molecule has 0 saturated carbocycles. The molecule has 106 valence electrons. The minimum absolute atomic E-state index is 0.263. The highest BCUT2D eigenvalue weighted by Gasteiger charge is 2.14. The number of aromatic nitrogens is 3. The monoisotopic (exact) mass is 273 g/mol. The first-order valence-electron chi connectivity index (χ1n) is 6.55. The van der Waals surface area contributed by atoms with Gasteiger partial charge in [0.05, 0.1) is 6.20 Å². The molecule has 0 aromatic carbocycles. The number of nitrogens with zero attached hydrogens (tertiary/aromatic N) is 3. The average molecular weight is 273 g/mol. The number of aryl methyl sites for hydroxylation is 1. The van der Waals surface area contributed by atoms with Crippen LogP contribution in [-0.2, 0) is 4.79 Å². The van der Waals surface area contributed by atoms with E-state index in [1.54, 1.807) is 12.3 Å². The van der Waals surface area contributed by atoms with E-state index in [0.717, 1.165) is 28.8 Å². The van der Waals surface area contributed by atoms with Crippen LogP contribution in [0.3, 0.4) is 0 Å². The standard InChI is InChI=1S/C15H19N3O2/c1-10(2)18-14(7-8-16-18)17-11(3)9-13(12(17)4)5-6-15(19)20/h5-10H,1-4H3,(H,19,20). The van der Waals surface area contributed by atoms with Crippen LogP contribution in [0.15, 0.2) is 24.4 Å². The van der Waals surface area contributed by atoms with Gasteiger partial charge < -0.3 is 9.67 Å². The molecule has 2 aromatic rings. The molecule has 5 heteroatoms. The van der Waals surface area contributed by atoms with E-state index < -0.39 is 5.97 Å². The molecule has 1 N–H and O–H groups in total. The maximum Gasteiger partial charge on any atom is 0.328 e. The molecule has 0 atom stereocenters. The van der Waals surface area contributed by atoms with E-state index in [-0.39, 0.29) is 6.04 Å². The molecule has 2 aromatic heterocycles. The topological polar surface area (TPSA) is 60.0 Å². The summed E-state index contributed by atoms with van der Waals surface area (Å²) in [6, 6.07) is 4.20. The van der Waals surface area contributed by atoms with Gasteiger partial charge in [0.25, 0.3) is 0 Å². The van der Waals surface area contributed by atoms with Crippen LogP contribution in [0.1, 0.15) is 36.8 Å². The van der Waals surface area contributed by atoms with Gasteiger partial charge in [0.2, 0.25) is 0 Å². The van der Waals surface area contributed by atoms with E-state index in [9.17, 15) is 4.79 Å². The van der Waals surface area contributed by atoms with Crippen LogP contribution in [0.4, 0.5) is 0 Å². The van der Waals surface area contributed by atoms with Gasteiger partial charge in [-0.2, -0.15) is 5.10 Å². The summed E-state index contributed by atoms with van der Waals surface area (Å²) in [6.07, 6.45) is 4.56. The van der Waals surface area contributed by atoms with Crippen LogP contribution in [0, 0.1) is 13.8 Å². The molecule has 0 spiro atoms. The lowest BCUT2D eigenvalue weighted by Crippen LogP contribution is -2.11. The Morgan fingerprint density at radius 2 is 2.10 bits per heavy atom. The third-order valence-electron chi connectivity index (χ3n) is 3.24. The fourth-order valence-electron chi connectivity index (χ4n) is 2.35. The predicted octanol–water partition coefficient (Wildman–Crippen LogP) is 2.97. The second kappa shape index (κ2) is 5.36. The molecule has 0 saturated heterocycles. The Morgan fingerprint density at radius 1 is 1.40 bits per heavy atom. The Balaban J connectivity index is 2.53. The van der Waals surface area contributed by atoms with Gasteiger partial charge in [-0.15, -0.1) is 0 Å². The smallest absolute Gasteiger partial charge is 0.328 e. The normalized spacial score (nSPS) is 11.7. The summed E-state index contributed by atoms with van der Waals surface area (Å²) in [5.74, 6) is 0.0481. The molecule has 0 aliphatic rings. The highest BCUT2D eigenvalue weighted by molar-refractivity contribution is 5.85. The second-order valence-corrected chi connectivity index (χ2v) is 5.06. The van der Waals surface area contributed by atoms with Crippen molar-refractivity contribution in [2.24, 2.45) is 0 Å². The molecular formula is C15H19N3O2. The molecular weight excluding hydrogens is 254 g/mol. The molecule has 2 rings (SSSR count). The first-order valence-corrected chi connectivity index (χ1v) is 6.55. The van der Waals surface area contributed by atoms with Gasteiger partial charge >= 0.3 is 5.97 Å². The van der Waals surface area contributed by atoms with Crippen LogP contribution in [0.2, 0.25) is 0 Å². The summed E-state index contributed by atoms with van der Waals surface area (Å²) >= 11 is 0. The summed E-state index contributed by atoms with van der Waals surface area (Å²) in [5, 5.41) is 13.1. The van der Waals surface area contributed by atoms with Gasteiger partial charge in [-0.1, -0.05) is 0 Å². The molecule has 20 heavy (non-hydrogen) atoms. The Hall–Kier alpha value is -2.30. The van der Waals surface area contributed by atoms with Gasteiger partial charge in [0, 0.05) is 29.6 Å². The van der Waals surface area contributed by atoms with Crippen molar-refractivity contribution in [1.82, 2.24) is 14.3 Å². The van der Waals surface area contributed by atoms with Gasteiger partial charge in [-0.3, -0.25) is 0 Å². The number of carboxylic acids is 1. The highest BCUT2D eigenvalue weighted by atomic mass is 16.4. The zero-order valence-electron chi connectivity index (χ0n) is 12.2. The van der Waals surface area contributed by atoms with Gasteiger partial charge in [-0.05, 0) is 45.4 Å². The van der Waals surface area contributed by atoms with E-state index in [1.807, 2.05) is 30.7 Å². The van der Waals surface area contributed by atoms with Crippen molar-refractivity contribution in [2.75, 3.05) is 0 Å². The van der Waals surface area contributed by atoms with Gasteiger partial charge in [-0.25, -0.2) is 9.48 Å². The zero-order valence-corrected chi connectivity index (χ0v) is 12.2. The van der Waals surface area contributed by atoms with Crippen LogP contribution in [0.5, 0.6) is 0 Å². The Morgan fingerprint density at radius 3 is 2.70 bits per heavy atom. The third kappa shape index (κ3) is 2.52. The van der Waals surface area contributed by atoms with Gasteiger partial charge in [0.1, 0.15) is 5.82 Å². The van der Waals surface area contributed by atoms with Crippen molar-refractivity contribution in [1.29, 1.82) is 0 Å². The zero-order chi connectivity index (χ0) is 14.9. The quantitative estimate of drug-likeness (QED) is 0.871. The predicted molar refractivity (Wildman–Crippen MR) is 78.1 cm³/mol. The van der Waals surface area contributed by atoms with Crippen molar-refractivity contribution in [3.05, 3.63) is 41.4 Å². The maximum absolute atomic E-state index is 10.6. The Bertz CT molecular complexity index is 663.